The van der Waals surface area contributed by atoms with Crippen LogP contribution in [0.25, 0.3) is 0 Å². The normalized spacial score (nSPS) is 15.2. The highest BCUT2D eigenvalue weighted by atomic mass is 16.5. The Kier molecular flexibility index (Phi) is 6.93. The highest BCUT2D eigenvalue weighted by Crippen LogP contribution is 2.30. The second-order valence-corrected chi connectivity index (χ2v) is 7.45. The maximum Gasteiger partial charge on any atom is 0.255 e. The van der Waals surface area contributed by atoms with Crippen molar-refractivity contribution in [2.75, 3.05) is 27.3 Å². The van der Waals surface area contributed by atoms with Crippen LogP contribution in [0.5, 0.6) is 11.5 Å². The summed E-state index contributed by atoms with van der Waals surface area (Å²) in [7, 11) is 3.11. The van der Waals surface area contributed by atoms with Gasteiger partial charge in [0.2, 0.25) is 0 Å². The summed E-state index contributed by atoms with van der Waals surface area (Å²) in [5.74, 6) is 1.66. The number of ether oxygens (including phenoxy) is 2. The average molecular weight is 383 g/mol. The third-order valence-electron chi connectivity index (χ3n) is 5.48. The fourth-order valence-electron chi connectivity index (χ4n) is 3.68. The summed E-state index contributed by atoms with van der Waals surface area (Å²) in [6.45, 7) is 6.03. The van der Waals surface area contributed by atoms with Crippen LogP contribution < -0.4 is 14.8 Å². The number of rotatable bonds is 7. The maximum absolute atomic E-state index is 12.7. The number of hydrogen-bond acceptors (Lipinski definition) is 4. The van der Waals surface area contributed by atoms with E-state index in [4.69, 9.17) is 9.47 Å². The van der Waals surface area contributed by atoms with Gasteiger partial charge in [0.1, 0.15) is 0 Å². The minimum absolute atomic E-state index is 0.169. The van der Waals surface area contributed by atoms with Gasteiger partial charge in [0, 0.05) is 13.1 Å². The number of carbonyl (C=O) groups is 1. The number of nitrogens with zero attached hydrogens (tertiary/aromatic N) is 1. The lowest BCUT2D eigenvalue weighted by Crippen LogP contribution is -2.33. The van der Waals surface area contributed by atoms with Crippen molar-refractivity contribution in [2.45, 2.75) is 32.9 Å². The molecule has 1 aliphatic heterocycles. The minimum Gasteiger partial charge on any atom is -0.493 e. The van der Waals surface area contributed by atoms with E-state index in [1.807, 2.05) is 6.07 Å². The van der Waals surface area contributed by atoms with Gasteiger partial charge < -0.3 is 14.8 Å². The molecular weight excluding hydrogens is 352 g/mol. The molecule has 2 aromatic rings. The Morgan fingerprint density at radius 2 is 1.75 bits per heavy atom. The summed E-state index contributed by atoms with van der Waals surface area (Å²) < 4.78 is 10.7. The monoisotopic (exact) mass is 382 g/mol. The Morgan fingerprint density at radius 3 is 2.43 bits per heavy atom. The topological polar surface area (TPSA) is 50.8 Å². The molecule has 0 aromatic heterocycles. The molecule has 28 heavy (non-hydrogen) atoms. The Hall–Kier alpha value is -2.53. The number of hydrogen-bond donors (Lipinski definition) is 1. The molecular formula is C23H30N2O3. The minimum atomic E-state index is -0.169. The van der Waals surface area contributed by atoms with Crippen molar-refractivity contribution in [3.05, 3.63) is 59.2 Å². The summed E-state index contributed by atoms with van der Waals surface area (Å²) in [6.07, 6.45) is 2.52. The zero-order valence-corrected chi connectivity index (χ0v) is 17.0. The van der Waals surface area contributed by atoms with Gasteiger partial charge in [-0.05, 0) is 55.1 Å². The molecule has 3 rings (SSSR count). The summed E-state index contributed by atoms with van der Waals surface area (Å²) >= 11 is 0. The SMILES string of the molecule is COc1cccc(C(=O)NCc2ccccc2CN2CCC(C)CC2)c1OC. The predicted molar refractivity (Wildman–Crippen MR) is 111 cm³/mol. The number of methoxy groups -OCH3 is 2. The number of likely N-dealkylation sites (tertiary alicyclic amines) is 1. The van der Waals surface area contributed by atoms with Crippen LogP contribution in [0.15, 0.2) is 42.5 Å². The third kappa shape index (κ3) is 4.84. The summed E-state index contributed by atoms with van der Waals surface area (Å²) in [5, 5.41) is 3.03. The summed E-state index contributed by atoms with van der Waals surface area (Å²) in [6, 6.07) is 13.7. The second-order valence-electron chi connectivity index (χ2n) is 7.45. The first-order chi connectivity index (χ1) is 13.6. The van der Waals surface area contributed by atoms with Crippen LogP contribution >= 0.6 is 0 Å². The molecule has 0 radical (unpaired) electrons. The predicted octanol–water partition coefficient (Wildman–Crippen LogP) is 3.87. The lowest BCUT2D eigenvalue weighted by Gasteiger charge is -2.30. The van der Waals surface area contributed by atoms with Gasteiger partial charge in [0.15, 0.2) is 11.5 Å². The molecule has 0 aliphatic carbocycles. The molecule has 1 heterocycles. The molecule has 0 bridgehead atoms. The van der Waals surface area contributed by atoms with Crippen molar-refractivity contribution in [2.24, 2.45) is 5.92 Å². The zero-order chi connectivity index (χ0) is 19.9. The molecule has 0 spiro atoms. The molecule has 5 heteroatoms. The molecule has 0 saturated carbocycles. The van der Waals surface area contributed by atoms with Gasteiger partial charge in [0.25, 0.3) is 5.91 Å². The molecule has 150 valence electrons. The van der Waals surface area contributed by atoms with Crippen LogP contribution in [0.1, 0.15) is 41.3 Å². The van der Waals surface area contributed by atoms with E-state index >= 15 is 0 Å². The van der Waals surface area contributed by atoms with E-state index in [1.165, 1.54) is 18.4 Å². The maximum atomic E-state index is 12.7. The van der Waals surface area contributed by atoms with E-state index in [0.29, 0.717) is 23.6 Å². The van der Waals surface area contributed by atoms with Crippen LogP contribution in [-0.2, 0) is 13.1 Å². The second kappa shape index (κ2) is 9.60. The number of nitrogens with one attached hydrogen (secondary N) is 1. The molecule has 0 unspecified atom stereocenters. The number of amides is 1. The van der Waals surface area contributed by atoms with E-state index < -0.39 is 0 Å². The molecule has 1 N–H and O–H groups in total. The van der Waals surface area contributed by atoms with Gasteiger partial charge in [-0.15, -0.1) is 0 Å². The van der Waals surface area contributed by atoms with Gasteiger partial charge in [-0.25, -0.2) is 0 Å². The molecule has 1 amide bonds. The van der Waals surface area contributed by atoms with Crippen LogP contribution in [0, 0.1) is 5.92 Å². The lowest BCUT2D eigenvalue weighted by molar-refractivity contribution is 0.0947. The molecule has 5 nitrogen and oxygen atoms in total. The van der Waals surface area contributed by atoms with Crippen molar-refractivity contribution < 1.29 is 14.3 Å². The Labute approximate surface area is 167 Å². The fraction of sp³-hybridized carbons (Fsp3) is 0.435. The van der Waals surface area contributed by atoms with Crippen LogP contribution in [0.2, 0.25) is 0 Å². The summed E-state index contributed by atoms with van der Waals surface area (Å²) in [5.41, 5.74) is 2.90. The Morgan fingerprint density at radius 1 is 1.04 bits per heavy atom. The quantitative estimate of drug-likeness (QED) is 0.790. The van der Waals surface area contributed by atoms with Gasteiger partial charge in [-0.2, -0.15) is 0 Å². The van der Waals surface area contributed by atoms with E-state index in [-0.39, 0.29) is 5.91 Å². The summed E-state index contributed by atoms with van der Waals surface area (Å²) in [4.78, 5) is 15.3. The first-order valence-corrected chi connectivity index (χ1v) is 9.90. The first-order valence-electron chi connectivity index (χ1n) is 9.90. The average Bonchev–Trinajstić information content (AvgIpc) is 2.73. The number of benzene rings is 2. The molecule has 1 aliphatic rings. The number of para-hydroxylation sites is 1. The van der Waals surface area contributed by atoms with Gasteiger partial charge in [-0.3, -0.25) is 9.69 Å². The highest BCUT2D eigenvalue weighted by Gasteiger charge is 2.18. The van der Waals surface area contributed by atoms with Crippen molar-refractivity contribution in [3.8, 4) is 11.5 Å². The van der Waals surface area contributed by atoms with Crippen molar-refractivity contribution in [3.63, 3.8) is 0 Å². The van der Waals surface area contributed by atoms with Crippen LogP contribution in [0.3, 0.4) is 0 Å². The largest absolute Gasteiger partial charge is 0.493 e. The highest BCUT2D eigenvalue weighted by molar-refractivity contribution is 5.97. The lowest BCUT2D eigenvalue weighted by atomic mass is 9.98. The van der Waals surface area contributed by atoms with Crippen molar-refractivity contribution in [1.29, 1.82) is 0 Å². The van der Waals surface area contributed by atoms with Gasteiger partial charge in [0.05, 0.1) is 19.8 Å². The van der Waals surface area contributed by atoms with Crippen molar-refractivity contribution in [1.82, 2.24) is 10.2 Å². The standard InChI is InChI=1S/C23H30N2O3/c1-17-11-13-25(14-12-17)16-19-8-5-4-7-18(19)15-24-23(26)20-9-6-10-21(27-2)22(20)28-3/h4-10,17H,11-16H2,1-3H3,(H,24,26). The Balaban J connectivity index is 1.67. The molecule has 2 aromatic carbocycles. The Bertz CT molecular complexity index is 798. The van der Waals surface area contributed by atoms with E-state index in [9.17, 15) is 4.79 Å². The van der Waals surface area contributed by atoms with Crippen molar-refractivity contribution >= 4 is 5.91 Å². The van der Waals surface area contributed by atoms with Gasteiger partial charge in [-0.1, -0.05) is 37.3 Å². The van der Waals surface area contributed by atoms with E-state index in [0.717, 1.165) is 31.1 Å². The van der Waals surface area contributed by atoms with Crippen LogP contribution in [-0.4, -0.2) is 38.1 Å². The fourth-order valence-corrected chi connectivity index (χ4v) is 3.68. The van der Waals surface area contributed by atoms with E-state index in [1.54, 1.807) is 32.4 Å². The molecule has 1 saturated heterocycles. The van der Waals surface area contributed by atoms with Crippen LogP contribution in [0.4, 0.5) is 0 Å². The first kappa shape index (κ1) is 20.2. The van der Waals surface area contributed by atoms with E-state index in [2.05, 4.69) is 35.3 Å². The molecule has 0 atom stereocenters. The number of carbonyl (C=O) groups excluding carboxylic acids is 1. The molecule has 1 fully saturated rings. The smallest absolute Gasteiger partial charge is 0.255 e. The third-order valence-corrected chi connectivity index (χ3v) is 5.48. The number of piperidine rings is 1. The van der Waals surface area contributed by atoms with Gasteiger partial charge >= 0.3 is 0 Å². The zero-order valence-electron chi connectivity index (χ0n) is 17.0.